The number of furan rings is 1. The average molecular weight is 334 g/mol. The van der Waals surface area contributed by atoms with Gasteiger partial charge < -0.3 is 9.73 Å². The van der Waals surface area contributed by atoms with Crippen molar-refractivity contribution in [1.82, 2.24) is 5.32 Å². The normalized spacial score (nSPS) is 15.3. The van der Waals surface area contributed by atoms with E-state index in [0.29, 0.717) is 0 Å². The summed E-state index contributed by atoms with van der Waals surface area (Å²) in [5.74, 6) is 0. The summed E-state index contributed by atoms with van der Waals surface area (Å²) in [5.41, 5.74) is 5.55. The van der Waals surface area contributed by atoms with E-state index >= 15 is 0 Å². The molecule has 0 aliphatic heterocycles. The predicted octanol–water partition coefficient (Wildman–Crippen LogP) is 4.62. The molecule has 20 heavy (non-hydrogen) atoms. The number of halogens is 1. The van der Waals surface area contributed by atoms with Crippen LogP contribution in [0.4, 0.5) is 0 Å². The molecule has 0 bridgehead atoms. The van der Waals surface area contributed by atoms with Gasteiger partial charge in [-0.3, -0.25) is 0 Å². The Balaban J connectivity index is 1.94. The molecule has 1 unspecified atom stereocenters. The highest BCUT2D eigenvalue weighted by molar-refractivity contribution is 9.10. The van der Waals surface area contributed by atoms with E-state index < -0.39 is 0 Å². The van der Waals surface area contributed by atoms with E-state index in [1.54, 1.807) is 6.26 Å². The zero-order chi connectivity index (χ0) is 13.9. The first-order valence-corrected chi connectivity index (χ1v) is 8.17. The van der Waals surface area contributed by atoms with E-state index in [-0.39, 0.29) is 6.04 Å². The third kappa shape index (κ3) is 2.70. The first-order chi connectivity index (χ1) is 9.79. The summed E-state index contributed by atoms with van der Waals surface area (Å²) in [7, 11) is 0. The molecule has 1 aliphatic carbocycles. The summed E-state index contributed by atoms with van der Waals surface area (Å²) in [6.07, 6.45) is 6.61. The summed E-state index contributed by atoms with van der Waals surface area (Å²) in [5, 5.41) is 3.63. The van der Waals surface area contributed by atoms with Gasteiger partial charge in [0.25, 0.3) is 0 Å². The number of benzene rings is 1. The molecule has 106 valence electrons. The number of rotatable bonds is 5. The lowest BCUT2D eigenvalue weighted by Gasteiger charge is -2.19. The Morgan fingerprint density at radius 2 is 2.10 bits per heavy atom. The first-order valence-electron chi connectivity index (χ1n) is 7.37. The Labute approximate surface area is 128 Å². The molecule has 1 N–H and O–H groups in total. The van der Waals surface area contributed by atoms with Crippen LogP contribution in [-0.4, -0.2) is 6.54 Å². The number of hydrogen-bond donors (Lipinski definition) is 1. The van der Waals surface area contributed by atoms with Crippen LogP contribution in [0.15, 0.2) is 39.6 Å². The van der Waals surface area contributed by atoms with Crippen LogP contribution in [0.3, 0.4) is 0 Å². The van der Waals surface area contributed by atoms with E-state index in [4.69, 9.17) is 4.42 Å². The molecule has 1 atom stereocenters. The van der Waals surface area contributed by atoms with Crippen molar-refractivity contribution in [2.75, 3.05) is 6.54 Å². The fourth-order valence-corrected chi connectivity index (χ4v) is 3.45. The second kappa shape index (κ2) is 6.15. The molecule has 1 heterocycles. The molecule has 3 rings (SSSR count). The molecular formula is C17H20BrNO. The standard InChI is InChI=1S/C17H20BrNO/c1-2-9-19-16(15-8-10-20-17(15)18)14-7-6-12-4-3-5-13(12)11-14/h6-8,10-11,16,19H,2-5,9H2,1H3. The Bertz CT molecular complexity index is 590. The second-order valence-electron chi connectivity index (χ2n) is 5.42. The smallest absolute Gasteiger partial charge is 0.174 e. The van der Waals surface area contributed by atoms with Gasteiger partial charge >= 0.3 is 0 Å². The molecule has 0 saturated carbocycles. The van der Waals surface area contributed by atoms with E-state index in [1.807, 2.05) is 6.07 Å². The molecule has 2 nitrogen and oxygen atoms in total. The van der Waals surface area contributed by atoms with Crippen molar-refractivity contribution >= 4 is 15.9 Å². The van der Waals surface area contributed by atoms with E-state index in [2.05, 4.69) is 46.4 Å². The van der Waals surface area contributed by atoms with Gasteiger partial charge in [0, 0.05) is 5.56 Å². The largest absolute Gasteiger partial charge is 0.457 e. The van der Waals surface area contributed by atoms with Gasteiger partial charge in [0.2, 0.25) is 0 Å². The molecule has 0 amide bonds. The maximum atomic E-state index is 5.42. The molecular weight excluding hydrogens is 314 g/mol. The quantitative estimate of drug-likeness (QED) is 0.863. The zero-order valence-corrected chi connectivity index (χ0v) is 13.4. The number of hydrogen-bond acceptors (Lipinski definition) is 2. The average Bonchev–Trinajstić information content (AvgIpc) is 3.08. The lowest BCUT2D eigenvalue weighted by atomic mass is 9.97. The van der Waals surface area contributed by atoms with Crippen LogP contribution in [0.2, 0.25) is 0 Å². The van der Waals surface area contributed by atoms with Crippen molar-refractivity contribution in [3.63, 3.8) is 0 Å². The topological polar surface area (TPSA) is 25.2 Å². The van der Waals surface area contributed by atoms with Gasteiger partial charge in [-0.15, -0.1) is 0 Å². The maximum absolute atomic E-state index is 5.42. The third-order valence-electron chi connectivity index (χ3n) is 4.01. The third-order valence-corrected chi connectivity index (χ3v) is 4.66. The van der Waals surface area contributed by atoms with E-state index in [9.17, 15) is 0 Å². The minimum absolute atomic E-state index is 0.203. The SMILES string of the molecule is CCCNC(c1ccc2c(c1)CCC2)c1ccoc1Br. The van der Waals surface area contributed by atoms with Crippen LogP contribution in [0.25, 0.3) is 0 Å². The van der Waals surface area contributed by atoms with Crippen molar-refractivity contribution in [2.45, 2.75) is 38.6 Å². The Morgan fingerprint density at radius 3 is 2.85 bits per heavy atom. The Hall–Kier alpha value is -1.06. The predicted molar refractivity (Wildman–Crippen MR) is 85.0 cm³/mol. The van der Waals surface area contributed by atoms with Gasteiger partial charge in [-0.05, 0) is 70.9 Å². The highest BCUT2D eigenvalue weighted by Crippen LogP contribution is 2.32. The lowest BCUT2D eigenvalue weighted by Crippen LogP contribution is -2.23. The maximum Gasteiger partial charge on any atom is 0.174 e. The minimum atomic E-state index is 0.203. The fraction of sp³-hybridized carbons (Fsp3) is 0.412. The monoisotopic (exact) mass is 333 g/mol. The first kappa shape index (κ1) is 13.9. The van der Waals surface area contributed by atoms with Crippen LogP contribution in [0.1, 0.15) is 48.1 Å². The molecule has 2 aromatic rings. The zero-order valence-electron chi connectivity index (χ0n) is 11.8. The number of fused-ring (bicyclic) bond motifs is 1. The van der Waals surface area contributed by atoms with Gasteiger partial charge in [0.15, 0.2) is 4.67 Å². The van der Waals surface area contributed by atoms with Gasteiger partial charge in [0.05, 0.1) is 12.3 Å². The van der Waals surface area contributed by atoms with Crippen LogP contribution >= 0.6 is 15.9 Å². The van der Waals surface area contributed by atoms with E-state index in [0.717, 1.165) is 17.6 Å². The highest BCUT2D eigenvalue weighted by atomic mass is 79.9. The Kier molecular flexibility index (Phi) is 4.27. The van der Waals surface area contributed by atoms with Gasteiger partial charge in [-0.1, -0.05) is 25.1 Å². The van der Waals surface area contributed by atoms with Crippen molar-refractivity contribution in [1.29, 1.82) is 0 Å². The number of nitrogens with one attached hydrogen (secondary N) is 1. The molecule has 3 heteroatoms. The van der Waals surface area contributed by atoms with Crippen molar-refractivity contribution in [3.8, 4) is 0 Å². The summed E-state index contributed by atoms with van der Waals surface area (Å²) in [6.45, 7) is 3.19. The summed E-state index contributed by atoms with van der Waals surface area (Å²) in [6, 6.07) is 9.18. The van der Waals surface area contributed by atoms with Crippen LogP contribution in [0, 0.1) is 0 Å². The minimum Gasteiger partial charge on any atom is -0.457 e. The molecule has 0 spiro atoms. The summed E-state index contributed by atoms with van der Waals surface area (Å²) >= 11 is 3.51. The lowest BCUT2D eigenvalue weighted by molar-refractivity contribution is 0.523. The molecule has 1 aliphatic rings. The fourth-order valence-electron chi connectivity index (χ4n) is 2.98. The summed E-state index contributed by atoms with van der Waals surface area (Å²) < 4.78 is 6.24. The Morgan fingerprint density at radius 1 is 1.25 bits per heavy atom. The second-order valence-corrected chi connectivity index (χ2v) is 6.14. The van der Waals surface area contributed by atoms with Crippen LogP contribution in [0.5, 0.6) is 0 Å². The molecule has 0 fully saturated rings. The number of aryl methyl sites for hydroxylation is 2. The van der Waals surface area contributed by atoms with Crippen molar-refractivity contribution in [3.05, 3.63) is 57.5 Å². The molecule has 0 radical (unpaired) electrons. The van der Waals surface area contributed by atoms with Crippen LogP contribution < -0.4 is 5.32 Å². The molecule has 0 saturated heterocycles. The van der Waals surface area contributed by atoms with Crippen LogP contribution in [-0.2, 0) is 12.8 Å². The van der Waals surface area contributed by atoms with Crippen molar-refractivity contribution in [2.24, 2.45) is 0 Å². The van der Waals surface area contributed by atoms with Crippen molar-refractivity contribution < 1.29 is 4.42 Å². The summed E-state index contributed by atoms with van der Waals surface area (Å²) in [4.78, 5) is 0. The van der Waals surface area contributed by atoms with Gasteiger partial charge in [-0.2, -0.15) is 0 Å². The van der Waals surface area contributed by atoms with E-state index in [1.165, 1.54) is 41.5 Å². The van der Waals surface area contributed by atoms with Gasteiger partial charge in [0.1, 0.15) is 0 Å². The van der Waals surface area contributed by atoms with Gasteiger partial charge in [-0.25, -0.2) is 0 Å². The molecule has 1 aromatic carbocycles. The highest BCUT2D eigenvalue weighted by Gasteiger charge is 2.20. The molecule has 1 aromatic heterocycles.